The number of likely N-dealkylation sites (tertiary alicyclic amines) is 1. The molecule has 0 atom stereocenters. The molecule has 112 valence electrons. The first-order chi connectivity index (χ1) is 10.1. The maximum atomic E-state index is 12.6. The van der Waals surface area contributed by atoms with Crippen molar-refractivity contribution in [2.24, 2.45) is 5.92 Å². The van der Waals surface area contributed by atoms with Crippen molar-refractivity contribution in [1.82, 2.24) is 4.90 Å². The second-order valence-corrected chi connectivity index (χ2v) is 5.50. The predicted molar refractivity (Wildman–Crippen MR) is 76.7 cm³/mol. The third kappa shape index (κ3) is 2.86. The van der Waals surface area contributed by atoms with Gasteiger partial charge in [-0.15, -0.1) is 0 Å². The number of carbonyl (C=O) groups is 2. The van der Waals surface area contributed by atoms with E-state index in [2.05, 4.69) is 0 Å². The van der Waals surface area contributed by atoms with E-state index in [1.165, 1.54) is 0 Å². The van der Waals surface area contributed by atoms with Crippen molar-refractivity contribution in [1.29, 1.82) is 0 Å². The van der Waals surface area contributed by atoms with E-state index in [0.29, 0.717) is 43.4 Å². The number of hydrogen-bond donors (Lipinski definition) is 0. The summed E-state index contributed by atoms with van der Waals surface area (Å²) in [6.45, 7) is 3.96. The molecule has 2 aliphatic rings. The lowest BCUT2D eigenvalue weighted by atomic mass is 9.88. The summed E-state index contributed by atoms with van der Waals surface area (Å²) in [5.74, 6) is 1.55. The minimum Gasteiger partial charge on any atom is -0.486 e. The largest absolute Gasteiger partial charge is 0.486 e. The second-order valence-electron chi connectivity index (χ2n) is 5.50. The molecule has 21 heavy (non-hydrogen) atoms. The molecule has 0 saturated carbocycles. The number of rotatable bonds is 2. The lowest BCUT2D eigenvalue weighted by Crippen LogP contribution is -2.39. The summed E-state index contributed by atoms with van der Waals surface area (Å²) < 4.78 is 11.0. The van der Waals surface area contributed by atoms with Crippen LogP contribution in [0.1, 0.15) is 30.1 Å². The average molecular weight is 289 g/mol. The Morgan fingerprint density at radius 1 is 1.10 bits per heavy atom. The van der Waals surface area contributed by atoms with Crippen molar-refractivity contribution in [3.05, 3.63) is 23.8 Å². The number of ketones is 1. The lowest BCUT2D eigenvalue weighted by Gasteiger charge is -2.30. The predicted octanol–water partition coefficient (Wildman–Crippen LogP) is 1.90. The van der Waals surface area contributed by atoms with Crippen molar-refractivity contribution in [3.8, 4) is 11.5 Å². The Kier molecular flexibility index (Phi) is 3.82. The molecule has 0 radical (unpaired) electrons. The van der Waals surface area contributed by atoms with Gasteiger partial charge in [-0.3, -0.25) is 9.59 Å². The number of piperidine rings is 1. The first-order valence-electron chi connectivity index (χ1n) is 7.34. The van der Waals surface area contributed by atoms with Crippen LogP contribution in [0.2, 0.25) is 0 Å². The molecular formula is C16H19NO4. The minimum atomic E-state index is -0.0110. The summed E-state index contributed by atoms with van der Waals surface area (Å²) in [7, 11) is 0. The zero-order chi connectivity index (χ0) is 14.8. The fraction of sp³-hybridized carbons (Fsp3) is 0.500. The van der Waals surface area contributed by atoms with Crippen LogP contribution in [0, 0.1) is 5.92 Å². The van der Waals surface area contributed by atoms with E-state index in [1.54, 1.807) is 30.0 Å². The van der Waals surface area contributed by atoms with E-state index in [9.17, 15) is 9.59 Å². The van der Waals surface area contributed by atoms with Crippen molar-refractivity contribution in [2.75, 3.05) is 26.3 Å². The molecule has 5 heteroatoms. The van der Waals surface area contributed by atoms with Gasteiger partial charge in [0.05, 0.1) is 0 Å². The summed E-state index contributed by atoms with van der Waals surface area (Å²) in [4.78, 5) is 25.7. The Morgan fingerprint density at radius 3 is 2.43 bits per heavy atom. The molecule has 1 fully saturated rings. The molecule has 1 aromatic rings. The van der Waals surface area contributed by atoms with E-state index < -0.39 is 0 Å². The highest BCUT2D eigenvalue weighted by Crippen LogP contribution is 2.32. The van der Waals surface area contributed by atoms with Gasteiger partial charge < -0.3 is 14.4 Å². The summed E-state index contributed by atoms with van der Waals surface area (Å²) in [5, 5.41) is 0. The Hall–Kier alpha value is -2.04. The first-order valence-corrected chi connectivity index (χ1v) is 7.34. The van der Waals surface area contributed by atoms with Gasteiger partial charge in [0.25, 0.3) is 0 Å². The molecule has 0 aliphatic carbocycles. The summed E-state index contributed by atoms with van der Waals surface area (Å²) in [6.07, 6.45) is 1.46. The molecule has 1 aromatic carbocycles. The maximum absolute atomic E-state index is 12.6. The molecule has 1 saturated heterocycles. The van der Waals surface area contributed by atoms with Crippen LogP contribution in [0.3, 0.4) is 0 Å². The third-order valence-corrected chi connectivity index (χ3v) is 4.14. The number of Topliss-reactive ketones (excluding diaryl/α,β-unsaturated/α-hetero) is 1. The highest BCUT2D eigenvalue weighted by molar-refractivity contribution is 5.98. The normalized spacial score (nSPS) is 18.4. The third-order valence-electron chi connectivity index (χ3n) is 4.14. The summed E-state index contributed by atoms with van der Waals surface area (Å²) in [5.41, 5.74) is 0.667. The van der Waals surface area contributed by atoms with Gasteiger partial charge in [-0.05, 0) is 31.0 Å². The van der Waals surface area contributed by atoms with Gasteiger partial charge >= 0.3 is 0 Å². The fourth-order valence-electron chi connectivity index (χ4n) is 2.89. The highest BCUT2D eigenvalue weighted by Gasteiger charge is 2.27. The zero-order valence-corrected chi connectivity index (χ0v) is 12.1. The Bertz CT molecular complexity index is 561. The van der Waals surface area contributed by atoms with Gasteiger partial charge in [0.15, 0.2) is 17.3 Å². The van der Waals surface area contributed by atoms with Crippen LogP contribution < -0.4 is 9.47 Å². The van der Waals surface area contributed by atoms with Crippen LogP contribution in [-0.2, 0) is 4.79 Å². The maximum Gasteiger partial charge on any atom is 0.219 e. The number of carbonyl (C=O) groups excluding carboxylic acids is 2. The van der Waals surface area contributed by atoms with Gasteiger partial charge in [0, 0.05) is 31.5 Å². The van der Waals surface area contributed by atoms with Gasteiger partial charge in [0.2, 0.25) is 5.91 Å². The SMILES string of the molecule is CC(=O)N1CCC(C(=O)c2ccc3c(c2)OCCO3)CC1. The molecule has 0 bridgehead atoms. The minimum absolute atomic E-state index is 0.0110. The molecule has 0 N–H and O–H groups in total. The molecule has 2 heterocycles. The van der Waals surface area contributed by atoms with Gasteiger partial charge in [-0.2, -0.15) is 0 Å². The lowest BCUT2D eigenvalue weighted by molar-refractivity contribution is -0.130. The number of benzene rings is 1. The number of amides is 1. The molecule has 5 nitrogen and oxygen atoms in total. The van der Waals surface area contributed by atoms with Crippen LogP contribution in [0.4, 0.5) is 0 Å². The first kappa shape index (κ1) is 13.9. The van der Waals surface area contributed by atoms with Crippen LogP contribution in [-0.4, -0.2) is 42.9 Å². The van der Waals surface area contributed by atoms with Crippen LogP contribution in [0.5, 0.6) is 11.5 Å². The monoisotopic (exact) mass is 289 g/mol. The van der Waals surface area contributed by atoms with E-state index in [1.807, 2.05) is 0 Å². The van der Waals surface area contributed by atoms with E-state index in [4.69, 9.17) is 9.47 Å². The molecule has 0 spiro atoms. The number of nitrogens with zero attached hydrogens (tertiary/aromatic N) is 1. The Morgan fingerprint density at radius 2 is 1.76 bits per heavy atom. The molecule has 1 amide bonds. The molecule has 0 aromatic heterocycles. The summed E-state index contributed by atoms with van der Waals surface area (Å²) in [6, 6.07) is 5.37. The highest BCUT2D eigenvalue weighted by atomic mass is 16.6. The summed E-state index contributed by atoms with van der Waals surface area (Å²) >= 11 is 0. The van der Waals surface area contributed by atoms with E-state index >= 15 is 0 Å². The smallest absolute Gasteiger partial charge is 0.219 e. The Labute approximate surface area is 123 Å². The zero-order valence-electron chi connectivity index (χ0n) is 12.1. The van der Waals surface area contributed by atoms with Crippen molar-refractivity contribution in [3.63, 3.8) is 0 Å². The topological polar surface area (TPSA) is 55.8 Å². The van der Waals surface area contributed by atoms with E-state index in [0.717, 1.165) is 12.8 Å². The van der Waals surface area contributed by atoms with Crippen LogP contribution in [0.25, 0.3) is 0 Å². The standard InChI is InChI=1S/C16H19NO4/c1-11(18)17-6-4-12(5-7-17)16(19)13-2-3-14-15(10-13)21-9-8-20-14/h2-3,10,12H,4-9H2,1H3. The van der Waals surface area contributed by atoms with Crippen molar-refractivity contribution in [2.45, 2.75) is 19.8 Å². The fourth-order valence-corrected chi connectivity index (χ4v) is 2.89. The number of fused-ring (bicyclic) bond motifs is 1. The molecule has 2 aliphatic heterocycles. The van der Waals surface area contributed by atoms with Crippen LogP contribution >= 0.6 is 0 Å². The van der Waals surface area contributed by atoms with Crippen molar-refractivity contribution >= 4 is 11.7 Å². The number of ether oxygens (including phenoxy) is 2. The van der Waals surface area contributed by atoms with Gasteiger partial charge in [-0.25, -0.2) is 0 Å². The van der Waals surface area contributed by atoms with Crippen LogP contribution in [0.15, 0.2) is 18.2 Å². The van der Waals surface area contributed by atoms with Crippen molar-refractivity contribution < 1.29 is 19.1 Å². The molecular weight excluding hydrogens is 270 g/mol. The second kappa shape index (κ2) is 5.76. The van der Waals surface area contributed by atoms with E-state index in [-0.39, 0.29) is 17.6 Å². The molecule has 0 unspecified atom stereocenters. The average Bonchev–Trinajstić information content (AvgIpc) is 2.54. The quantitative estimate of drug-likeness (QED) is 0.780. The van der Waals surface area contributed by atoms with Gasteiger partial charge in [-0.1, -0.05) is 0 Å². The Balaban J connectivity index is 1.70. The number of hydrogen-bond acceptors (Lipinski definition) is 4. The van der Waals surface area contributed by atoms with Gasteiger partial charge in [0.1, 0.15) is 13.2 Å². The molecule has 3 rings (SSSR count).